The van der Waals surface area contributed by atoms with E-state index in [4.69, 9.17) is 4.84 Å². The molecule has 0 spiro atoms. The fraction of sp³-hybridized carbons (Fsp3) is 0.769. The number of amides is 2. The molecular weight excluding hydrogens is 262 g/mol. The van der Waals surface area contributed by atoms with Crippen LogP contribution in [0.4, 0.5) is 0 Å². The molecule has 1 aliphatic rings. The van der Waals surface area contributed by atoms with Crippen molar-refractivity contribution in [3.63, 3.8) is 0 Å². The molecule has 0 saturated carbocycles. The molecule has 1 aliphatic heterocycles. The molecule has 1 atom stereocenters. The second kappa shape index (κ2) is 8.65. The number of carbonyl (C=O) groups excluding carboxylic acids is 3. The maximum absolute atomic E-state index is 12.2. The van der Waals surface area contributed by atoms with Crippen LogP contribution >= 0.6 is 0 Å². The summed E-state index contributed by atoms with van der Waals surface area (Å²) in [5, 5.41) is 0. The van der Waals surface area contributed by atoms with Crippen LogP contribution in [0.3, 0.4) is 0 Å². The van der Waals surface area contributed by atoms with Gasteiger partial charge in [0.15, 0.2) is 0 Å². The fourth-order valence-electron chi connectivity index (χ4n) is 2.19. The summed E-state index contributed by atoms with van der Waals surface area (Å²) in [6.45, 7) is 5.59. The lowest BCUT2D eigenvalue weighted by Crippen LogP contribution is -2.49. The molecule has 7 nitrogen and oxygen atoms in total. The predicted molar refractivity (Wildman–Crippen MR) is 72.7 cm³/mol. The van der Waals surface area contributed by atoms with Crippen LogP contribution in [0, 0.1) is 0 Å². The molecule has 0 aromatic rings. The van der Waals surface area contributed by atoms with Gasteiger partial charge in [-0.05, 0) is 19.4 Å². The SMILES string of the molecule is CCCN(CC=O)C(=O)CN(CCC)C1CONC1=O. The molecule has 1 fully saturated rings. The van der Waals surface area contributed by atoms with E-state index in [1.54, 1.807) is 4.90 Å². The molecule has 2 amide bonds. The first-order valence-electron chi connectivity index (χ1n) is 7.01. The van der Waals surface area contributed by atoms with Crippen molar-refractivity contribution in [3.05, 3.63) is 0 Å². The zero-order chi connectivity index (χ0) is 15.0. The summed E-state index contributed by atoms with van der Waals surface area (Å²) >= 11 is 0. The van der Waals surface area contributed by atoms with Crippen molar-refractivity contribution >= 4 is 18.1 Å². The lowest BCUT2D eigenvalue weighted by atomic mass is 10.2. The van der Waals surface area contributed by atoms with Crippen LogP contribution in [0.2, 0.25) is 0 Å². The zero-order valence-corrected chi connectivity index (χ0v) is 12.1. The molecule has 0 bridgehead atoms. The number of aldehydes is 1. The first kappa shape index (κ1) is 16.6. The lowest BCUT2D eigenvalue weighted by molar-refractivity contribution is -0.135. The van der Waals surface area contributed by atoms with Crippen molar-refractivity contribution in [3.8, 4) is 0 Å². The lowest BCUT2D eigenvalue weighted by Gasteiger charge is -2.28. The third-order valence-corrected chi connectivity index (χ3v) is 3.15. The van der Waals surface area contributed by atoms with Crippen LogP contribution in [0.5, 0.6) is 0 Å². The van der Waals surface area contributed by atoms with E-state index in [9.17, 15) is 14.4 Å². The van der Waals surface area contributed by atoms with Gasteiger partial charge in [0.2, 0.25) is 5.91 Å². The molecule has 20 heavy (non-hydrogen) atoms. The molecule has 0 aliphatic carbocycles. The Morgan fingerprint density at radius 3 is 2.60 bits per heavy atom. The van der Waals surface area contributed by atoms with Gasteiger partial charge in [0, 0.05) is 6.54 Å². The molecule has 114 valence electrons. The monoisotopic (exact) mass is 285 g/mol. The minimum atomic E-state index is -0.432. The Hall–Kier alpha value is -1.47. The first-order valence-corrected chi connectivity index (χ1v) is 7.01. The topological polar surface area (TPSA) is 79.0 Å². The van der Waals surface area contributed by atoms with E-state index in [-0.39, 0.29) is 31.5 Å². The Morgan fingerprint density at radius 1 is 1.40 bits per heavy atom. The van der Waals surface area contributed by atoms with E-state index < -0.39 is 6.04 Å². The third kappa shape index (κ3) is 4.57. The summed E-state index contributed by atoms with van der Waals surface area (Å²) < 4.78 is 0. The molecule has 1 N–H and O–H groups in total. The van der Waals surface area contributed by atoms with Crippen LogP contribution in [-0.4, -0.2) is 66.7 Å². The van der Waals surface area contributed by atoms with Crippen molar-refractivity contribution < 1.29 is 19.2 Å². The van der Waals surface area contributed by atoms with Gasteiger partial charge in [-0.3, -0.25) is 19.3 Å². The van der Waals surface area contributed by atoms with Gasteiger partial charge >= 0.3 is 0 Å². The maximum atomic E-state index is 12.2. The Bertz CT molecular complexity index is 349. The minimum Gasteiger partial charge on any atom is -0.335 e. The summed E-state index contributed by atoms with van der Waals surface area (Å²) in [7, 11) is 0. The molecule has 1 heterocycles. The average molecular weight is 285 g/mol. The van der Waals surface area contributed by atoms with Crippen molar-refractivity contribution in [1.29, 1.82) is 0 Å². The van der Waals surface area contributed by atoms with Gasteiger partial charge in [0.05, 0.1) is 19.7 Å². The maximum Gasteiger partial charge on any atom is 0.263 e. The number of carbonyl (C=O) groups is 3. The highest BCUT2D eigenvalue weighted by Gasteiger charge is 2.32. The van der Waals surface area contributed by atoms with E-state index >= 15 is 0 Å². The molecule has 0 aromatic heterocycles. The molecule has 0 radical (unpaired) electrons. The number of nitrogens with zero attached hydrogens (tertiary/aromatic N) is 2. The van der Waals surface area contributed by atoms with E-state index in [1.165, 1.54) is 4.90 Å². The van der Waals surface area contributed by atoms with Crippen molar-refractivity contribution in [1.82, 2.24) is 15.3 Å². The molecule has 7 heteroatoms. The van der Waals surface area contributed by atoms with Gasteiger partial charge in [-0.2, -0.15) is 0 Å². The summed E-state index contributed by atoms with van der Waals surface area (Å²) in [4.78, 5) is 42.7. The van der Waals surface area contributed by atoms with E-state index in [1.807, 2.05) is 13.8 Å². The normalized spacial score (nSPS) is 18.1. The predicted octanol–water partition coefficient (Wildman–Crippen LogP) is -0.434. The van der Waals surface area contributed by atoms with E-state index in [0.717, 1.165) is 19.1 Å². The number of nitrogens with one attached hydrogen (secondary N) is 1. The average Bonchev–Trinajstić information content (AvgIpc) is 2.84. The summed E-state index contributed by atoms with van der Waals surface area (Å²) in [5.41, 5.74) is 2.30. The Labute approximate surface area is 119 Å². The standard InChI is InChI=1S/C13H23N3O4/c1-3-5-15(7-8-17)12(18)9-16(6-4-2)11-10-20-14-13(11)19/h8,11H,3-7,9-10H2,1-2H3,(H,14,19). The van der Waals surface area contributed by atoms with Crippen LogP contribution in [0.1, 0.15) is 26.7 Å². The summed E-state index contributed by atoms with van der Waals surface area (Å²) in [6, 6.07) is -0.432. The van der Waals surface area contributed by atoms with Gasteiger partial charge in [0.25, 0.3) is 5.91 Å². The zero-order valence-electron chi connectivity index (χ0n) is 12.1. The minimum absolute atomic E-state index is 0.0972. The first-order chi connectivity index (χ1) is 9.63. The molecule has 1 saturated heterocycles. The number of rotatable bonds is 9. The van der Waals surface area contributed by atoms with Crippen LogP contribution in [0.15, 0.2) is 0 Å². The van der Waals surface area contributed by atoms with E-state index in [0.29, 0.717) is 13.1 Å². The largest absolute Gasteiger partial charge is 0.335 e. The Kier molecular flexibility index (Phi) is 7.17. The second-order valence-corrected chi connectivity index (χ2v) is 4.77. The highest BCUT2D eigenvalue weighted by Crippen LogP contribution is 2.08. The van der Waals surface area contributed by atoms with Crippen LogP contribution in [-0.2, 0) is 19.2 Å². The Morgan fingerprint density at radius 2 is 2.10 bits per heavy atom. The van der Waals surface area contributed by atoms with Crippen molar-refractivity contribution in [2.45, 2.75) is 32.7 Å². The highest BCUT2D eigenvalue weighted by atomic mass is 16.7. The molecule has 0 aromatic carbocycles. The number of hydrogen-bond donors (Lipinski definition) is 1. The van der Waals surface area contributed by atoms with Gasteiger partial charge < -0.3 is 9.69 Å². The summed E-state index contributed by atoms with van der Waals surface area (Å²) in [6.07, 6.45) is 2.35. The van der Waals surface area contributed by atoms with E-state index in [2.05, 4.69) is 5.48 Å². The Balaban J connectivity index is 2.65. The number of hydrogen-bond acceptors (Lipinski definition) is 5. The fourth-order valence-corrected chi connectivity index (χ4v) is 2.19. The number of hydroxylamine groups is 1. The van der Waals surface area contributed by atoms with Gasteiger partial charge in [-0.25, -0.2) is 5.48 Å². The molecular formula is C13H23N3O4. The van der Waals surface area contributed by atoms with Crippen LogP contribution in [0.25, 0.3) is 0 Å². The van der Waals surface area contributed by atoms with Crippen LogP contribution < -0.4 is 5.48 Å². The molecule has 1 unspecified atom stereocenters. The third-order valence-electron chi connectivity index (χ3n) is 3.15. The second-order valence-electron chi connectivity index (χ2n) is 4.77. The van der Waals surface area contributed by atoms with Gasteiger partial charge in [-0.1, -0.05) is 13.8 Å². The quantitative estimate of drug-likeness (QED) is 0.581. The summed E-state index contributed by atoms with van der Waals surface area (Å²) in [5.74, 6) is -0.351. The smallest absolute Gasteiger partial charge is 0.263 e. The van der Waals surface area contributed by atoms with Gasteiger partial charge in [-0.15, -0.1) is 0 Å². The van der Waals surface area contributed by atoms with Crippen molar-refractivity contribution in [2.75, 3.05) is 32.8 Å². The highest BCUT2D eigenvalue weighted by molar-refractivity contribution is 5.84. The molecule has 1 rings (SSSR count). The van der Waals surface area contributed by atoms with Crippen molar-refractivity contribution in [2.24, 2.45) is 0 Å². The van der Waals surface area contributed by atoms with Gasteiger partial charge in [0.1, 0.15) is 12.3 Å².